The van der Waals surface area contributed by atoms with E-state index in [0.29, 0.717) is 0 Å². The number of para-hydroxylation sites is 3. The van der Waals surface area contributed by atoms with Crippen molar-refractivity contribution in [2.45, 2.75) is 0 Å². The summed E-state index contributed by atoms with van der Waals surface area (Å²) in [6.07, 6.45) is 0. The predicted octanol–water partition coefficient (Wildman–Crippen LogP) is 3.92. The molecule has 3 aromatic carbocycles. The molecule has 3 rings (SSSR count). The minimum atomic E-state index is 0. The SMILES string of the molecule is Nc1ccccc1.O.c1ccc(Oc2ccccc2)cc1. The highest BCUT2D eigenvalue weighted by Crippen LogP contribution is 2.19. The van der Waals surface area contributed by atoms with Gasteiger partial charge in [0.15, 0.2) is 0 Å². The van der Waals surface area contributed by atoms with Gasteiger partial charge >= 0.3 is 0 Å². The summed E-state index contributed by atoms with van der Waals surface area (Å²) >= 11 is 0. The summed E-state index contributed by atoms with van der Waals surface area (Å²) in [5.74, 6) is 1.74. The summed E-state index contributed by atoms with van der Waals surface area (Å²) in [6, 6.07) is 29.0. The molecule has 3 aromatic rings. The molecule has 0 amide bonds. The molecule has 3 nitrogen and oxygen atoms in total. The maximum atomic E-state index is 5.58. The van der Waals surface area contributed by atoms with E-state index < -0.39 is 0 Å². The van der Waals surface area contributed by atoms with Gasteiger partial charge in [-0.15, -0.1) is 0 Å². The first-order valence-corrected chi connectivity index (χ1v) is 6.43. The predicted molar refractivity (Wildman–Crippen MR) is 87.4 cm³/mol. The van der Waals surface area contributed by atoms with Crippen molar-refractivity contribution in [2.75, 3.05) is 5.73 Å². The zero-order chi connectivity index (χ0) is 14.0. The van der Waals surface area contributed by atoms with E-state index in [9.17, 15) is 0 Å². The highest BCUT2D eigenvalue weighted by molar-refractivity contribution is 5.35. The van der Waals surface area contributed by atoms with Crippen LogP contribution in [-0.2, 0) is 0 Å². The molecule has 0 heterocycles. The number of rotatable bonds is 2. The van der Waals surface area contributed by atoms with Crippen molar-refractivity contribution in [1.82, 2.24) is 0 Å². The molecule has 0 saturated carbocycles. The smallest absolute Gasteiger partial charge is 0.127 e. The molecule has 0 aliphatic heterocycles. The van der Waals surface area contributed by atoms with Crippen molar-refractivity contribution in [1.29, 1.82) is 0 Å². The molecule has 4 N–H and O–H groups in total. The van der Waals surface area contributed by atoms with Crippen LogP contribution in [0.5, 0.6) is 11.5 Å². The van der Waals surface area contributed by atoms with E-state index in [1.807, 2.05) is 91.0 Å². The number of ether oxygens (including phenoxy) is 1. The number of anilines is 1. The van der Waals surface area contributed by atoms with E-state index in [-0.39, 0.29) is 5.48 Å². The zero-order valence-corrected chi connectivity index (χ0v) is 11.6. The summed E-state index contributed by atoms with van der Waals surface area (Å²) < 4.78 is 5.58. The molecule has 0 aliphatic carbocycles. The number of nitrogens with two attached hydrogens (primary N) is 1. The van der Waals surface area contributed by atoms with Gasteiger partial charge < -0.3 is 15.9 Å². The highest BCUT2D eigenvalue weighted by Gasteiger charge is 1.92. The van der Waals surface area contributed by atoms with Crippen LogP contribution in [0.4, 0.5) is 5.69 Å². The number of nitrogen functional groups attached to an aromatic ring is 1. The molecular weight excluding hydrogens is 262 g/mol. The second-order valence-electron chi connectivity index (χ2n) is 4.14. The van der Waals surface area contributed by atoms with Crippen LogP contribution >= 0.6 is 0 Å². The van der Waals surface area contributed by atoms with Crippen LogP contribution in [0.1, 0.15) is 0 Å². The van der Waals surface area contributed by atoms with Gasteiger partial charge in [0, 0.05) is 5.69 Å². The lowest BCUT2D eigenvalue weighted by atomic mass is 10.3. The van der Waals surface area contributed by atoms with Crippen LogP contribution in [0.15, 0.2) is 91.0 Å². The van der Waals surface area contributed by atoms with E-state index in [2.05, 4.69) is 0 Å². The molecule has 0 atom stereocenters. The average Bonchev–Trinajstić information content (AvgIpc) is 2.51. The molecule has 0 bridgehead atoms. The minimum Gasteiger partial charge on any atom is -0.457 e. The quantitative estimate of drug-likeness (QED) is 0.723. The fraction of sp³-hybridized carbons (Fsp3) is 0. The van der Waals surface area contributed by atoms with Crippen molar-refractivity contribution in [3.8, 4) is 11.5 Å². The Labute approximate surface area is 124 Å². The van der Waals surface area contributed by atoms with E-state index in [4.69, 9.17) is 10.5 Å². The van der Waals surface area contributed by atoms with E-state index in [1.54, 1.807) is 0 Å². The number of hydrogen-bond acceptors (Lipinski definition) is 2. The van der Waals surface area contributed by atoms with Gasteiger partial charge in [0.05, 0.1) is 0 Å². The second-order valence-corrected chi connectivity index (χ2v) is 4.14. The van der Waals surface area contributed by atoms with Crippen molar-refractivity contribution >= 4 is 5.69 Å². The highest BCUT2D eigenvalue weighted by atomic mass is 16.5. The average molecular weight is 281 g/mol. The van der Waals surface area contributed by atoms with Crippen LogP contribution in [-0.4, -0.2) is 5.48 Å². The molecule has 3 heteroatoms. The van der Waals surface area contributed by atoms with Gasteiger partial charge in [-0.3, -0.25) is 0 Å². The first kappa shape index (κ1) is 16.3. The first-order valence-electron chi connectivity index (χ1n) is 6.43. The lowest BCUT2D eigenvalue weighted by Crippen LogP contribution is -1.81. The zero-order valence-electron chi connectivity index (χ0n) is 11.6. The third kappa shape index (κ3) is 6.27. The Hall–Kier alpha value is -2.78. The van der Waals surface area contributed by atoms with Gasteiger partial charge in [-0.05, 0) is 36.4 Å². The van der Waals surface area contributed by atoms with Crippen molar-refractivity contribution in [2.24, 2.45) is 0 Å². The Kier molecular flexibility index (Phi) is 7.11. The van der Waals surface area contributed by atoms with Crippen LogP contribution in [0.2, 0.25) is 0 Å². The van der Waals surface area contributed by atoms with E-state index >= 15 is 0 Å². The molecule has 0 aliphatic rings. The third-order valence-electron chi connectivity index (χ3n) is 2.52. The fourth-order valence-electron chi connectivity index (χ4n) is 1.57. The van der Waals surface area contributed by atoms with E-state index in [0.717, 1.165) is 17.2 Å². The summed E-state index contributed by atoms with van der Waals surface area (Å²) in [5, 5.41) is 0. The van der Waals surface area contributed by atoms with Gasteiger partial charge in [-0.1, -0.05) is 54.6 Å². The van der Waals surface area contributed by atoms with E-state index in [1.165, 1.54) is 0 Å². The molecule has 0 radical (unpaired) electrons. The molecule has 0 fully saturated rings. The molecule has 108 valence electrons. The molecule has 0 aromatic heterocycles. The summed E-state index contributed by atoms with van der Waals surface area (Å²) in [7, 11) is 0. The Morgan fingerprint density at radius 2 is 0.857 bits per heavy atom. The van der Waals surface area contributed by atoms with Gasteiger partial charge in [0.25, 0.3) is 0 Å². The first-order chi connectivity index (χ1) is 9.84. The molecule has 0 saturated heterocycles. The third-order valence-corrected chi connectivity index (χ3v) is 2.52. The maximum absolute atomic E-state index is 5.58. The number of hydrogen-bond donors (Lipinski definition) is 1. The van der Waals surface area contributed by atoms with Gasteiger partial charge in [0.1, 0.15) is 11.5 Å². The molecule has 0 spiro atoms. The van der Waals surface area contributed by atoms with Crippen molar-refractivity contribution < 1.29 is 10.2 Å². The maximum Gasteiger partial charge on any atom is 0.127 e. The minimum absolute atomic E-state index is 0. The molecule has 21 heavy (non-hydrogen) atoms. The molecule has 0 unspecified atom stereocenters. The van der Waals surface area contributed by atoms with Gasteiger partial charge in [-0.2, -0.15) is 0 Å². The normalized spacial score (nSPS) is 8.76. The summed E-state index contributed by atoms with van der Waals surface area (Å²) in [5.41, 5.74) is 6.18. The monoisotopic (exact) mass is 281 g/mol. The Bertz CT molecular complexity index is 560. The summed E-state index contributed by atoms with van der Waals surface area (Å²) in [6.45, 7) is 0. The lowest BCUT2D eigenvalue weighted by Gasteiger charge is -2.03. The topological polar surface area (TPSA) is 66.8 Å². The van der Waals surface area contributed by atoms with Gasteiger partial charge in [-0.25, -0.2) is 0 Å². The van der Waals surface area contributed by atoms with Crippen LogP contribution in [0, 0.1) is 0 Å². The van der Waals surface area contributed by atoms with Gasteiger partial charge in [0.2, 0.25) is 0 Å². The van der Waals surface area contributed by atoms with Crippen LogP contribution in [0.25, 0.3) is 0 Å². The fourth-order valence-corrected chi connectivity index (χ4v) is 1.57. The molecular formula is C18H19NO2. The van der Waals surface area contributed by atoms with Crippen LogP contribution < -0.4 is 10.5 Å². The Balaban J connectivity index is 0.000000236. The standard InChI is InChI=1S/C12H10O.C6H7N.H2O/c1-3-7-11(8-4-1)13-12-9-5-2-6-10-12;7-6-4-2-1-3-5-6;/h1-10H;1-5H,7H2;1H2. The number of benzene rings is 3. The summed E-state index contributed by atoms with van der Waals surface area (Å²) in [4.78, 5) is 0. The Morgan fingerprint density at radius 3 is 1.14 bits per heavy atom. The largest absolute Gasteiger partial charge is 0.457 e. The lowest BCUT2D eigenvalue weighted by molar-refractivity contribution is 0.482. The van der Waals surface area contributed by atoms with Crippen LogP contribution in [0.3, 0.4) is 0 Å². The Morgan fingerprint density at radius 1 is 0.524 bits per heavy atom. The van der Waals surface area contributed by atoms with Crippen molar-refractivity contribution in [3.05, 3.63) is 91.0 Å². The van der Waals surface area contributed by atoms with Crippen molar-refractivity contribution in [3.63, 3.8) is 0 Å². The second kappa shape index (κ2) is 9.18.